The van der Waals surface area contributed by atoms with Crippen LogP contribution < -0.4 is 5.32 Å². The second-order valence-electron chi connectivity index (χ2n) is 2.72. The summed E-state index contributed by atoms with van der Waals surface area (Å²) in [6.07, 6.45) is 1.70. The normalized spacial score (nSPS) is 10.2. The van der Waals surface area contributed by atoms with Crippen molar-refractivity contribution in [1.82, 2.24) is 14.8 Å². The lowest BCUT2D eigenvalue weighted by Gasteiger charge is -2.01. The number of nitrogens with one attached hydrogen (secondary N) is 1. The van der Waals surface area contributed by atoms with Gasteiger partial charge in [0.05, 0.1) is 6.54 Å². The fraction of sp³-hybridized carbons (Fsp3) is 0.250. The minimum absolute atomic E-state index is 0.716. The van der Waals surface area contributed by atoms with Crippen LogP contribution in [-0.2, 0) is 13.6 Å². The van der Waals surface area contributed by atoms with Crippen LogP contribution in [0.25, 0.3) is 0 Å². The van der Waals surface area contributed by atoms with Gasteiger partial charge in [-0.25, -0.2) is 0 Å². The lowest BCUT2D eigenvalue weighted by molar-refractivity contribution is 0.812. The predicted molar refractivity (Wildman–Crippen MR) is 52.6 cm³/mol. The first kappa shape index (κ1) is 8.25. The maximum absolute atomic E-state index is 3.97. The molecule has 0 bridgehead atoms. The molecule has 5 heteroatoms. The number of anilines is 1. The fourth-order valence-electron chi connectivity index (χ4n) is 1.01. The molecule has 0 amide bonds. The Bertz CT molecular complexity index is 365. The van der Waals surface area contributed by atoms with Crippen molar-refractivity contribution < 1.29 is 0 Å². The average molecular weight is 194 g/mol. The van der Waals surface area contributed by atoms with E-state index in [0.717, 1.165) is 11.5 Å². The Balaban J connectivity index is 1.97. The van der Waals surface area contributed by atoms with Gasteiger partial charge in [0.1, 0.15) is 6.33 Å². The highest BCUT2D eigenvalue weighted by Gasteiger charge is 1.99. The van der Waals surface area contributed by atoms with Crippen LogP contribution in [0.1, 0.15) is 5.82 Å². The molecule has 1 N–H and O–H groups in total. The molecule has 2 aromatic rings. The lowest BCUT2D eigenvalue weighted by atomic mass is 10.5. The van der Waals surface area contributed by atoms with Crippen LogP contribution in [0.4, 0.5) is 5.69 Å². The van der Waals surface area contributed by atoms with Crippen molar-refractivity contribution in [2.75, 3.05) is 5.32 Å². The molecule has 0 aliphatic heterocycles. The van der Waals surface area contributed by atoms with E-state index in [0.29, 0.717) is 6.54 Å². The first-order chi connectivity index (χ1) is 6.36. The Morgan fingerprint density at radius 3 is 3.15 bits per heavy atom. The number of aryl methyl sites for hydroxylation is 1. The van der Waals surface area contributed by atoms with Gasteiger partial charge in [0.25, 0.3) is 0 Å². The van der Waals surface area contributed by atoms with Gasteiger partial charge in [-0.05, 0) is 11.4 Å². The summed E-state index contributed by atoms with van der Waals surface area (Å²) in [4.78, 5) is 0. The summed E-state index contributed by atoms with van der Waals surface area (Å²) in [5.74, 6) is 0.936. The molecule has 68 valence electrons. The van der Waals surface area contributed by atoms with Crippen LogP contribution in [-0.4, -0.2) is 14.8 Å². The molecule has 0 aromatic carbocycles. The van der Waals surface area contributed by atoms with E-state index < -0.39 is 0 Å². The number of hydrogen-bond acceptors (Lipinski definition) is 4. The minimum Gasteiger partial charge on any atom is -0.377 e. The molecular weight excluding hydrogens is 184 g/mol. The van der Waals surface area contributed by atoms with Crippen LogP contribution >= 0.6 is 11.3 Å². The third-order valence-corrected chi connectivity index (χ3v) is 2.46. The van der Waals surface area contributed by atoms with Crippen LogP contribution in [0.3, 0.4) is 0 Å². The Hall–Kier alpha value is -1.36. The monoisotopic (exact) mass is 194 g/mol. The number of aromatic nitrogens is 3. The van der Waals surface area contributed by atoms with Crippen LogP contribution in [0.15, 0.2) is 23.2 Å². The number of nitrogens with zero attached hydrogens (tertiary/aromatic N) is 3. The molecule has 0 aliphatic carbocycles. The third-order valence-electron chi connectivity index (χ3n) is 1.78. The Morgan fingerprint density at radius 2 is 2.54 bits per heavy atom. The summed E-state index contributed by atoms with van der Waals surface area (Å²) in [5.41, 5.74) is 1.13. The predicted octanol–water partition coefficient (Wildman–Crippen LogP) is 1.49. The zero-order chi connectivity index (χ0) is 9.10. The molecule has 13 heavy (non-hydrogen) atoms. The Morgan fingerprint density at radius 1 is 1.62 bits per heavy atom. The van der Waals surface area contributed by atoms with Gasteiger partial charge < -0.3 is 9.88 Å². The van der Waals surface area contributed by atoms with Gasteiger partial charge in [-0.1, -0.05) is 0 Å². The van der Waals surface area contributed by atoms with E-state index in [-0.39, 0.29) is 0 Å². The highest BCUT2D eigenvalue weighted by Crippen LogP contribution is 2.12. The summed E-state index contributed by atoms with van der Waals surface area (Å²) < 4.78 is 1.90. The molecule has 2 rings (SSSR count). The SMILES string of the molecule is Cn1cnnc1CNc1ccsc1. The molecule has 0 unspecified atom stereocenters. The van der Waals surface area contributed by atoms with Crippen molar-refractivity contribution in [3.63, 3.8) is 0 Å². The summed E-state index contributed by atoms with van der Waals surface area (Å²) in [6.45, 7) is 0.716. The van der Waals surface area contributed by atoms with Gasteiger partial charge in [0.15, 0.2) is 5.82 Å². The van der Waals surface area contributed by atoms with E-state index in [4.69, 9.17) is 0 Å². The topological polar surface area (TPSA) is 42.7 Å². The summed E-state index contributed by atoms with van der Waals surface area (Å²) in [7, 11) is 1.94. The van der Waals surface area contributed by atoms with Gasteiger partial charge >= 0.3 is 0 Å². The molecule has 0 spiro atoms. The third kappa shape index (κ3) is 1.86. The van der Waals surface area contributed by atoms with E-state index in [1.165, 1.54) is 0 Å². The second kappa shape index (κ2) is 3.57. The van der Waals surface area contributed by atoms with E-state index >= 15 is 0 Å². The quantitative estimate of drug-likeness (QED) is 0.805. The van der Waals surface area contributed by atoms with Crippen molar-refractivity contribution in [2.24, 2.45) is 7.05 Å². The maximum Gasteiger partial charge on any atom is 0.151 e. The molecule has 0 aliphatic rings. The van der Waals surface area contributed by atoms with Gasteiger partial charge in [0.2, 0.25) is 0 Å². The summed E-state index contributed by atoms with van der Waals surface area (Å²) >= 11 is 1.68. The van der Waals surface area contributed by atoms with Crippen LogP contribution in [0.5, 0.6) is 0 Å². The Kier molecular flexibility index (Phi) is 2.27. The highest BCUT2D eigenvalue weighted by atomic mass is 32.1. The molecule has 0 fully saturated rings. The second-order valence-corrected chi connectivity index (χ2v) is 3.50. The molecular formula is C8H10N4S. The number of rotatable bonds is 3. The van der Waals surface area contributed by atoms with Crippen molar-refractivity contribution in [3.05, 3.63) is 29.0 Å². The largest absolute Gasteiger partial charge is 0.377 e. The first-order valence-electron chi connectivity index (χ1n) is 3.95. The van der Waals surface area contributed by atoms with Crippen molar-refractivity contribution >= 4 is 17.0 Å². The zero-order valence-electron chi connectivity index (χ0n) is 7.27. The smallest absolute Gasteiger partial charge is 0.151 e. The van der Waals surface area contributed by atoms with Gasteiger partial charge in [0, 0.05) is 18.1 Å². The lowest BCUT2D eigenvalue weighted by Crippen LogP contribution is -2.04. The van der Waals surface area contributed by atoms with Gasteiger partial charge in [-0.15, -0.1) is 10.2 Å². The molecule has 4 nitrogen and oxygen atoms in total. The molecule has 0 atom stereocenters. The number of hydrogen-bond donors (Lipinski definition) is 1. The average Bonchev–Trinajstić information content (AvgIpc) is 2.72. The van der Waals surface area contributed by atoms with Crippen LogP contribution in [0, 0.1) is 0 Å². The van der Waals surface area contributed by atoms with E-state index in [1.807, 2.05) is 23.1 Å². The van der Waals surface area contributed by atoms with Crippen molar-refractivity contribution in [1.29, 1.82) is 0 Å². The van der Waals surface area contributed by atoms with Gasteiger partial charge in [-0.2, -0.15) is 11.3 Å². The summed E-state index contributed by atoms with van der Waals surface area (Å²) in [6, 6.07) is 2.04. The molecule has 2 heterocycles. The van der Waals surface area contributed by atoms with Gasteiger partial charge in [-0.3, -0.25) is 0 Å². The minimum atomic E-state index is 0.716. The fourth-order valence-corrected chi connectivity index (χ4v) is 1.63. The standard InChI is InChI=1S/C8H10N4S/c1-12-6-10-11-8(12)4-9-7-2-3-13-5-7/h2-3,5-6,9H,4H2,1H3. The highest BCUT2D eigenvalue weighted by molar-refractivity contribution is 7.08. The summed E-state index contributed by atoms with van der Waals surface area (Å²) in [5, 5.41) is 15.1. The molecule has 0 saturated heterocycles. The molecule has 2 aromatic heterocycles. The Labute approximate surface area is 80.2 Å². The van der Waals surface area contributed by atoms with Crippen molar-refractivity contribution in [3.8, 4) is 0 Å². The van der Waals surface area contributed by atoms with E-state index in [9.17, 15) is 0 Å². The van der Waals surface area contributed by atoms with Crippen molar-refractivity contribution in [2.45, 2.75) is 6.54 Å². The zero-order valence-corrected chi connectivity index (χ0v) is 8.08. The molecule has 0 saturated carbocycles. The maximum atomic E-state index is 3.97. The van der Waals surface area contributed by atoms with E-state index in [1.54, 1.807) is 17.7 Å². The number of thiophene rings is 1. The van der Waals surface area contributed by atoms with Crippen LogP contribution in [0.2, 0.25) is 0 Å². The molecule has 0 radical (unpaired) electrons. The first-order valence-corrected chi connectivity index (χ1v) is 4.89. The van der Waals surface area contributed by atoms with E-state index in [2.05, 4.69) is 20.9 Å².